The van der Waals surface area contributed by atoms with Gasteiger partial charge in [-0.2, -0.15) is 0 Å². The van der Waals surface area contributed by atoms with E-state index < -0.39 is 6.23 Å². The molecule has 2 atom stereocenters. The Labute approximate surface area is 88.3 Å². The van der Waals surface area contributed by atoms with E-state index in [4.69, 9.17) is 5.73 Å². The van der Waals surface area contributed by atoms with Crippen LogP contribution in [0.2, 0.25) is 0 Å². The molecule has 0 amide bonds. The van der Waals surface area contributed by atoms with E-state index in [2.05, 4.69) is 6.92 Å². The highest BCUT2D eigenvalue weighted by atomic mass is 16.3. The first-order chi connectivity index (χ1) is 6.59. The third kappa shape index (κ3) is 6.35. The van der Waals surface area contributed by atoms with Gasteiger partial charge in [-0.3, -0.25) is 4.90 Å². The fraction of sp³-hybridized carbons (Fsp3) is 1.00. The Hall–Kier alpha value is -0.120. The van der Waals surface area contributed by atoms with Crippen LogP contribution in [-0.2, 0) is 0 Å². The van der Waals surface area contributed by atoms with Gasteiger partial charge < -0.3 is 10.8 Å². The van der Waals surface area contributed by atoms with Crippen molar-refractivity contribution in [3.8, 4) is 0 Å². The molecular formula is C11H26N2O. The molecule has 0 aromatic heterocycles. The fourth-order valence-corrected chi connectivity index (χ4v) is 1.44. The molecule has 0 aliphatic heterocycles. The van der Waals surface area contributed by atoms with Gasteiger partial charge in [0.25, 0.3) is 0 Å². The highest BCUT2D eigenvalue weighted by molar-refractivity contribution is 4.62. The second kappa shape index (κ2) is 8.21. The highest BCUT2D eigenvalue weighted by Crippen LogP contribution is 2.08. The van der Waals surface area contributed by atoms with Crippen LogP contribution in [0.1, 0.15) is 52.4 Å². The van der Waals surface area contributed by atoms with Crippen LogP contribution in [0.4, 0.5) is 0 Å². The molecule has 3 nitrogen and oxygen atoms in total. The summed E-state index contributed by atoms with van der Waals surface area (Å²) in [6.45, 7) is 3.96. The van der Waals surface area contributed by atoms with Crippen molar-refractivity contribution in [1.82, 2.24) is 4.90 Å². The molecule has 0 aromatic carbocycles. The van der Waals surface area contributed by atoms with E-state index in [1.165, 1.54) is 25.7 Å². The number of aliphatic hydroxyl groups excluding tert-OH is 1. The third-order valence-electron chi connectivity index (χ3n) is 2.72. The summed E-state index contributed by atoms with van der Waals surface area (Å²) in [5, 5.41) is 9.28. The van der Waals surface area contributed by atoms with Crippen molar-refractivity contribution in [2.45, 2.75) is 64.8 Å². The number of rotatable bonds is 8. The minimum absolute atomic E-state index is 0.00312. The smallest absolute Gasteiger partial charge is 0.105 e. The summed E-state index contributed by atoms with van der Waals surface area (Å²) in [6.07, 6.45) is 6.86. The zero-order valence-corrected chi connectivity index (χ0v) is 9.87. The molecule has 0 saturated heterocycles. The summed E-state index contributed by atoms with van der Waals surface area (Å²) >= 11 is 0. The van der Waals surface area contributed by atoms with Gasteiger partial charge in [0, 0.05) is 0 Å². The molecule has 0 spiro atoms. The second-order valence-electron chi connectivity index (χ2n) is 4.07. The lowest BCUT2D eigenvalue weighted by Crippen LogP contribution is -2.44. The monoisotopic (exact) mass is 202 g/mol. The summed E-state index contributed by atoms with van der Waals surface area (Å²) < 4.78 is 0. The van der Waals surface area contributed by atoms with Crippen LogP contribution in [0.3, 0.4) is 0 Å². The van der Waals surface area contributed by atoms with E-state index in [9.17, 15) is 5.11 Å². The Morgan fingerprint density at radius 1 is 1.21 bits per heavy atom. The lowest BCUT2D eigenvalue weighted by atomic mass is 10.1. The Morgan fingerprint density at radius 2 is 1.79 bits per heavy atom. The summed E-state index contributed by atoms with van der Waals surface area (Å²) in [7, 11) is 1.86. The van der Waals surface area contributed by atoms with Crippen LogP contribution < -0.4 is 5.73 Å². The van der Waals surface area contributed by atoms with Crippen molar-refractivity contribution < 1.29 is 5.11 Å². The summed E-state index contributed by atoms with van der Waals surface area (Å²) in [4.78, 5) is 1.81. The van der Waals surface area contributed by atoms with Gasteiger partial charge in [-0.1, -0.05) is 39.0 Å². The number of nitrogens with two attached hydrogens (primary N) is 1. The van der Waals surface area contributed by atoms with E-state index in [1.807, 2.05) is 7.05 Å². The van der Waals surface area contributed by atoms with Crippen molar-refractivity contribution in [3.63, 3.8) is 0 Å². The zero-order chi connectivity index (χ0) is 11.0. The van der Waals surface area contributed by atoms with E-state index in [0.717, 1.165) is 12.8 Å². The van der Waals surface area contributed by atoms with Gasteiger partial charge in [0.05, 0.1) is 6.17 Å². The van der Waals surface area contributed by atoms with Crippen molar-refractivity contribution in [2.24, 2.45) is 5.73 Å². The number of hydrogen-bond donors (Lipinski definition) is 2. The maximum absolute atomic E-state index is 9.28. The van der Waals surface area contributed by atoms with Gasteiger partial charge in [0.1, 0.15) is 6.23 Å². The third-order valence-corrected chi connectivity index (χ3v) is 2.72. The maximum atomic E-state index is 9.28. The molecule has 0 aliphatic rings. The van der Waals surface area contributed by atoms with E-state index in [0.29, 0.717) is 0 Å². The lowest BCUT2D eigenvalue weighted by molar-refractivity contribution is 0.00709. The standard InChI is InChI=1S/C11H26N2O/c1-4-5-6-7-8-9-11(12)13(3)10(2)14/h10-11,14H,4-9,12H2,1-3H3. The van der Waals surface area contributed by atoms with Crippen LogP contribution in [0.5, 0.6) is 0 Å². The van der Waals surface area contributed by atoms with Crippen LogP contribution in [0.25, 0.3) is 0 Å². The normalized spacial score (nSPS) is 15.9. The molecule has 86 valence electrons. The molecule has 0 bridgehead atoms. The van der Waals surface area contributed by atoms with Crippen molar-refractivity contribution in [2.75, 3.05) is 7.05 Å². The van der Waals surface area contributed by atoms with E-state index in [-0.39, 0.29) is 6.17 Å². The van der Waals surface area contributed by atoms with E-state index in [1.54, 1.807) is 11.8 Å². The van der Waals surface area contributed by atoms with Gasteiger partial charge in [-0.25, -0.2) is 0 Å². The topological polar surface area (TPSA) is 49.5 Å². The van der Waals surface area contributed by atoms with Gasteiger partial charge in [-0.15, -0.1) is 0 Å². The number of hydrogen-bond acceptors (Lipinski definition) is 3. The molecule has 0 saturated carbocycles. The minimum atomic E-state index is -0.444. The van der Waals surface area contributed by atoms with Crippen molar-refractivity contribution in [1.29, 1.82) is 0 Å². The summed E-state index contributed by atoms with van der Waals surface area (Å²) in [5.41, 5.74) is 5.90. The van der Waals surface area contributed by atoms with Gasteiger partial charge >= 0.3 is 0 Å². The van der Waals surface area contributed by atoms with Crippen molar-refractivity contribution in [3.05, 3.63) is 0 Å². The van der Waals surface area contributed by atoms with Crippen LogP contribution in [0, 0.1) is 0 Å². The molecule has 0 fully saturated rings. The average Bonchev–Trinajstić information content (AvgIpc) is 2.16. The molecule has 3 N–H and O–H groups in total. The Balaban J connectivity index is 3.39. The predicted octanol–water partition coefficient (Wildman–Crippen LogP) is 1.90. The maximum Gasteiger partial charge on any atom is 0.105 e. The Morgan fingerprint density at radius 3 is 2.29 bits per heavy atom. The summed E-state index contributed by atoms with van der Waals surface area (Å²) in [6, 6.07) is 0. The van der Waals surface area contributed by atoms with Crippen molar-refractivity contribution >= 4 is 0 Å². The van der Waals surface area contributed by atoms with Gasteiger partial charge in [0.2, 0.25) is 0 Å². The molecule has 0 heterocycles. The Kier molecular flexibility index (Phi) is 8.14. The largest absolute Gasteiger partial charge is 0.379 e. The summed E-state index contributed by atoms with van der Waals surface area (Å²) in [5.74, 6) is 0. The Bertz CT molecular complexity index is 128. The number of nitrogens with zero attached hydrogens (tertiary/aromatic N) is 1. The first-order valence-electron chi connectivity index (χ1n) is 5.75. The molecular weight excluding hydrogens is 176 g/mol. The van der Waals surface area contributed by atoms with Crippen LogP contribution >= 0.6 is 0 Å². The van der Waals surface area contributed by atoms with Crippen LogP contribution in [-0.4, -0.2) is 29.4 Å². The second-order valence-corrected chi connectivity index (χ2v) is 4.07. The highest BCUT2D eigenvalue weighted by Gasteiger charge is 2.12. The quantitative estimate of drug-likeness (QED) is 0.467. The molecule has 0 aromatic rings. The molecule has 0 aliphatic carbocycles. The van der Waals surface area contributed by atoms with Gasteiger partial charge in [-0.05, 0) is 20.4 Å². The minimum Gasteiger partial charge on any atom is -0.379 e. The zero-order valence-electron chi connectivity index (χ0n) is 9.87. The number of unbranched alkanes of at least 4 members (excludes halogenated alkanes) is 4. The predicted molar refractivity (Wildman–Crippen MR) is 60.8 cm³/mol. The van der Waals surface area contributed by atoms with Crippen LogP contribution in [0.15, 0.2) is 0 Å². The first-order valence-corrected chi connectivity index (χ1v) is 5.75. The van der Waals surface area contributed by atoms with Gasteiger partial charge in [0.15, 0.2) is 0 Å². The molecule has 0 rings (SSSR count). The SMILES string of the molecule is CCCCCCCC(N)N(C)C(C)O. The van der Waals surface area contributed by atoms with E-state index >= 15 is 0 Å². The first kappa shape index (κ1) is 13.9. The molecule has 3 heteroatoms. The molecule has 2 unspecified atom stereocenters. The average molecular weight is 202 g/mol. The fourth-order valence-electron chi connectivity index (χ4n) is 1.44. The molecule has 14 heavy (non-hydrogen) atoms. The lowest BCUT2D eigenvalue weighted by Gasteiger charge is -2.26. The molecule has 0 radical (unpaired) electrons. The number of aliphatic hydroxyl groups is 1.